The van der Waals surface area contributed by atoms with Crippen LogP contribution in [0.3, 0.4) is 0 Å². The van der Waals surface area contributed by atoms with Gasteiger partial charge >= 0.3 is 6.18 Å². The van der Waals surface area contributed by atoms with Gasteiger partial charge in [-0.3, -0.25) is 4.79 Å². The van der Waals surface area contributed by atoms with Crippen molar-refractivity contribution in [3.05, 3.63) is 46.2 Å². The van der Waals surface area contributed by atoms with Crippen molar-refractivity contribution >= 4 is 22.4 Å². The van der Waals surface area contributed by atoms with E-state index >= 15 is 0 Å². The van der Waals surface area contributed by atoms with Crippen LogP contribution in [0.15, 0.2) is 23.6 Å². The number of rotatable bonds is 2. The van der Waals surface area contributed by atoms with Gasteiger partial charge in [0.05, 0.1) is 6.04 Å². The lowest BCUT2D eigenvalue weighted by Gasteiger charge is -2.19. The summed E-state index contributed by atoms with van der Waals surface area (Å²) < 4.78 is 51.7. The van der Waals surface area contributed by atoms with E-state index in [4.69, 9.17) is 0 Å². The maximum Gasteiger partial charge on any atom is 0.434 e. The third-order valence-electron chi connectivity index (χ3n) is 4.07. The van der Waals surface area contributed by atoms with Gasteiger partial charge in [0.15, 0.2) is 10.8 Å². The molecule has 0 fully saturated rings. The summed E-state index contributed by atoms with van der Waals surface area (Å²) in [4.78, 5) is 16.9. The van der Waals surface area contributed by atoms with E-state index in [-0.39, 0.29) is 23.6 Å². The molecule has 1 aliphatic heterocycles. The molecule has 2 aromatic rings. The van der Waals surface area contributed by atoms with Crippen LogP contribution >= 0.6 is 11.3 Å². The minimum Gasteiger partial charge on any atom is -0.355 e. The van der Waals surface area contributed by atoms with E-state index in [2.05, 4.69) is 10.3 Å². The average Bonchev–Trinajstić information content (AvgIpc) is 2.91. The Kier molecular flexibility index (Phi) is 4.68. The van der Waals surface area contributed by atoms with Crippen LogP contribution in [0.2, 0.25) is 0 Å². The van der Waals surface area contributed by atoms with Gasteiger partial charge < -0.3 is 10.2 Å². The van der Waals surface area contributed by atoms with Gasteiger partial charge in [-0.1, -0.05) is 6.07 Å². The molecule has 1 N–H and O–H groups in total. The fraction of sp³-hybridized carbons (Fsp3) is 0.375. The second-order valence-electron chi connectivity index (χ2n) is 5.80. The molecule has 0 bridgehead atoms. The van der Waals surface area contributed by atoms with Crippen LogP contribution in [0.25, 0.3) is 0 Å². The van der Waals surface area contributed by atoms with E-state index in [0.29, 0.717) is 18.5 Å². The highest BCUT2D eigenvalue weighted by atomic mass is 32.1. The normalized spacial score (nSPS) is 17.8. The highest BCUT2D eigenvalue weighted by Gasteiger charge is 2.34. The van der Waals surface area contributed by atoms with E-state index in [0.717, 1.165) is 22.3 Å². The van der Waals surface area contributed by atoms with Crippen LogP contribution < -0.4 is 5.32 Å². The lowest BCUT2D eigenvalue weighted by Crippen LogP contribution is -2.28. The molecule has 0 saturated carbocycles. The molecule has 0 spiro atoms. The number of carbonyl (C=O) groups is 1. The molecule has 25 heavy (non-hydrogen) atoms. The Hall–Kier alpha value is -2.16. The Balaban J connectivity index is 1.89. The van der Waals surface area contributed by atoms with Crippen LogP contribution in [-0.2, 0) is 17.5 Å². The zero-order chi connectivity index (χ0) is 18.2. The lowest BCUT2D eigenvalue weighted by atomic mass is 9.99. The van der Waals surface area contributed by atoms with Crippen LogP contribution in [0.5, 0.6) is 0 Å². The number of nitrogens with zero attached hydrogens (tertiary/aromatic N) is 2. The number of halogens is 4. The Morgan fingerprint density at radius 3 is 2.80 bits per heavy atom. The molecule has 0 aliphatic carbocycles. The Morgan fingerprint density at radius 2 is 2.16 bits per heavy atom. The number of fused-ring (bicyclic) bond motifs is 1. The van der Waals surface area contributed by atoms with Crippen molar-refractivity contribution in [1.82, 2.24) is 9.88 Å². The summed E-state index contributed by atoms with van der Waals surface area (Å²) in [6.07, 6.45) is -4.01. The van der Waals surface area contributed by atoms with E-state index in [1.807, 2.05) is 0 Å². The van der Waals surface area contributed by atoms with E-state index in [9.17, 15) is 22.4 Å². The van der Waals surface area contributed by atoms with E-state index in [1.54, 1.807) is 11.0 Å². The van der Waals surface area contributed by atoms with Crippen molar-refractivity contribution in [3.8, 4) is 0 Å². The SMILES string of the molecule is CC(=O)N1CCC(Nc2nc(C(F)(F)F)cs2)c2ccc(F)cc2C1. The maximum atomic E-state index is 13.6. The molecule has 1 atom stereocenters. The number of alkyl halides is 3. The van der Waals surface area contributed by atoms with Crippen LogP contribution in [0.1, 0.15) is 36.2 Å². The summed E-state index contributed by atoms with van der Waals surface area (Å²) in [6, 6.07) is 3.91. The monoisotopic (exact) mass is 373 g/mol. The molecule has 134 valence electrons. The second kappa shape index (κ2) is 6.62. The van der Waals surface area contributed by atoms with Crippen LogP contribution in [0.4, 0.5) is 22.7 Å². The van der Waals surface area contributed by atoms with Gasteiger partial charge in [0.25, 0.3) is 0 Å². The average molecular weight is 373 g/mol. The minimum atomic E-state index is -4.49. The summed E-state index contributed by atoms with van der Waals surface area (Å²) in [5.41, 5.74) is 0.449. The van der Waals surface area contributed by atoms with E-state index < -0.39 is 17.7 Å². The summed E-state index contributed by atoms with van der Waals surface area (Å²) in [7, 11) is 0. The van der Waals surface area contributed by atoms with E-state index in [1.165, 1.54) is 19.1 Å². The summed E-state index contributed by atoms with van der Waals surface area (Å²) in [6.45, 7) is 2.12. The number of thiazole rings is 1. The number of amides is 1. The molecule has 9 heteroatoms. The first-order valence-electron chi connectivity index (χ1n) is 7.57. The number of aromatic nitrogens is 1. The minimum absolute atomic E-state index is 0.135. The first-order valence-corrected chi connectivity index (χ1v) is 8.45. The molecular weight excluding hydrogens is 358 g/mol. The predicted octanol–water partition coefficient (Wildman–Crippen LogP) is 4.21. The molecule has 2 heterocycles. The van der Waals surface area contributed by atoms with Crippen molar-refractivity contribution < 1.29 is 22.4 Å². The molecule has 0 radical (unpaired) electrons. The van der Waals surface area contributed by atoms with Crippen molar-refractivity contribution in [3.63, 3.8) is 0 Å². The smallest absolute Gasteiger partial charge is 0.355 e. The maximum absolute atomic E-state index is 13.6. The summed E-state index contributed by atoms with van der Waals surface area (Å²) >= 11 is 0.865. The molecule has 4 nitrogen and oxygen atoms in total. The Morgan fingerprint density at radius 1 is 1.40 bits per heavy atom. The van der Waals surface area contributed by atoms with Crippen molar-refractivity contribution in [2.45, 2.75) is 32.1 Å². The van der Waals surface area contributed by atoms with Gasteiger partial charge in [0, 0.05) is 25.4 Å². The highest BCUT2D eigenvalue weighted by Crippen LogP contribution is 2.35. The van der Waals surface area contributed by atoms with Crippen molar-refractivity contribution in [1.29, 1.82) is 0 Å². The molecule has 3 rings (SSSR count). The molecule has 0 saturated heterocycles. The highest BCUT2D eigenvalue weighted by molar-refractivity contribution is 7.13. The Bertz CT molecular complexity index is 790. The van der Waals surface area contributed by atoms with Gasteiger partial charge in [-0.25, -0.2) is 9.37 Å². The standard InChI is InChI=1S/C16H15F4N3OS/c1-9(24)23-5-4-13(12-3-2-11(17)6-10(12)7-23)21-15-22-14(8-25-15)16(18,19)20/h2-3,6,8,13H,4-5,7H2,1H3,(H,21,22). The zero-order valence-corrected chi connectivity index (χ0v) is 14.0. The fourth-order valence-electron chi connectivity index (χ4n) is 2.81. The van der Waals surface area contributed by atoms with Crippen LogP contribution in [0, 0.1) is 5.82 Å². The van der Waals surface area contributed by atoms with Crippen molar-refractivity contribution in [2.24, 2.45) is 0 Å². The number of benzene rings is 1. The fourth-order valence-corrected chi connectivity index (χ4v) is 3.59. The van der Waals surface area contributed by atoms with Gasteiger partial charge in [-0.15, -0.1) is 11.3 Å². The Labute approximate surface area is 145 Å². The molecule has 1 aromatic carbocycles. The van der Waals surface area contributed by atoms with Gasteiger partial charge in [0.2, 0.25) is 5.91 Å². The van der Waals surface area contributed by atoms with Crippen molar-refractivity contribution in [2.75, 3.05) is 11.9 Å². The number of hydrogen-bond donors (Lipinski definition) is 1. The number of anilines is 1. The van der Waals surface area contributed by atoms with Gasteiger partial charge in [-0.05, 0) is 29.7 Å². The molecule has 1 amide bonds. The molecule has 1 aliphatic rings. The number of hydrogen-bond acceptors (Lipinski definition) is 4. The summed E-state index contributed by atoms with van der Waals surface area (Å²) in [5, 5.41) is 4.09. The van der Waals surface area contributed by atoms with Gasteiger partial charge in [0.1, 0.15) is 5.82 Å². The topological polar surface area (TPSA) is 45.2 Å². The second-order valence-corrected chi connectivity index (χ2v) is 6.66. The number of nitrogens with one attached hydrogen (secondary N) is 1. The van der Waals surface area contributed by atoms with Crippen LogP contribution in [-0.4, -0.2) is 22.3 Å². The molecular formula is C16H15F4N3OS. The quantitative estimate of drug-likeness (QED) is 0.803. The third-order valence-corrected chi connectivity index (χ3v) is 4.84. The first kappa shape index (κ1) is 17.7. The number of carbonyl (C=O) groups excluding carboxylic acids is 1. The zero-order valence-electron chi connectivity index (χ0n) is 13.2. The lowest BCUT2D eigenvalue weighted by molar-refractivity contribution is -0.140. The molecule has 1 aromatic heterocycles. The first-order chi connectivity index (χ1) is 11.7. The third kappa shape index (κ3) is 3.92. The largest absolute Gasteiger partial charge is 0.434 e. The van der Waals surface area contributed by atoms with Gasteiger partial charge in [-0.2, -0.15) is 13.2 Å². The molecule has 1 unspecified atom stereocenters. The predicted molar refractivity (Wildman–Crippen MR) is 85.6 cm³/mol. The summed E-state index contributed by atoms with van der Waals surface area (Å²) in [5.74, 6) is -0.555.